The minimum atomic E-state index is -0.822. The van der Waals surface area contributed by atoms with Crippen LogP contribution >= 0.6 is 22.9 Å². The van der Waals surface area contributed by atoms with E-state index in [9.17, 15) is 4.79 Å². The molecule has 1 N–H and O–H groups in total. The fraction of sp³-hybridized carbons (Fsp3) is 0.238. The summed E-state index contributed by atoms with van der Waals surface area (Å²) in [6, 6.07) is 13.2. The lowest BCUT2D eigenvalue weighted by Crippen LogP contribution is -2.07. The topological polar surface area (TPSA) is 68.7 Å². The van der Waals surface area contributed by atoms with Crippen LogP contribution in [0.1, 0.15) is 28.5 Å². The monoisotopic (exact) mass is 415 g/mol. The zero-order chi connectivity index (χ0) is 19.7. The lowest BCUT2D eigenvalue weighted by atomic mass is 9.98. The molecule has 0 fully saturated rings. The van der Waals surface area contributed by atoms with E-state index in [-0.39, 0.29) is 12.3 Å². The number of nitrogens with zero attached hydrogens (tertiary/aromatic N) is 1. The molecule has 0 radical (unpaired) electrons. The highest BCUT2D eigenvalue weighted by atomic mass is 35.5. The number of aryl methyl sites for hydroxylation is 1. The number of benzene rings is 2. The van der Waals surface area contributed by atoms with Gasteiger partial charge in [-0.15, -0.1) is 11.3 Å². The molecule has 1 aliphatic heterocycles. The predicted molar refractivity (Wildman–Crippen MR) is 109 cm³/mol. The number of carboxylic acid groups (broad SMARTS) is 1. The normalized spacial score (nSPS) is 15.1. The Bertz CT molecular complexity index is 1030. The maximum absolute atomic E-state index is 11.0. The molecule has 1 atom stereocenters. The van der Waals surface area contributed by atoms with Gasteiger partial charge in [0.1, 0.15) is 23.1 Å². The van der Waals surface area contributed by atoms with E-state index in [0.717, 1.165) is 26.7 Å². The van der Waals surface area contributed by atoms with Crippen LogP contribution < -0.4 is 9.47 Å². The van der Waals surface area contributed by atoms with E-state index in [1.54, 1.807) is 11.3 Å². The first kappa shape index (κ1) is 18.8. The Kier molecular flexibility index (Phi) is 5.24. The first-order valence-corrected chi connectivity index (χ1v) is 10.0. The molecule has 0 spiro atoms. The fourth-order valence-corrected chi connectivity index (χ4v) is 4.48. The van der Waals surface area contributed by atoms with Crippen molar-refractivity contribution in [2.24, 2.45) is 0 Å². The number of hydrogen-bond acceptors (Lipinski definition) is 5. The Hall–Kier alpha value is -2.57. The van der Waals surface area contributed by atoms with E-state index in [4.69, 9.17) is 26.2 Å². The molecule has 1 aliphatic rings. The number of carbonyl (C=O) groups is 1. The number of aliphatic carboxylic acids is 1. The third-order valence-electron chi connectivity index (χ3n) is 4.65. The van der Waals surface area contributed by atoms with Gasteiger partial charge >= 0.3 is 5.97 Å². The molecule has 28 heavy (non-hydrogen) atoms. The van der Waals surface area contributed by atoms with Gasteiger partial charge in [-0.2, -0.15) is 0 Å². The van der Waals surface area contributed by atoms with Crippen molar-refractivity contribution in [1.82, 2.24) is 4.98 Å². The molecule has 5 nitrogen and oxygen atoms in total. The van der Waals surface area contributed by atoms with Gasteiger partial charge in [0.2, 0.25) is 0 Å². The van der Waals surface area contributed by atoms with Crippen molar-refractivity contribution in [3.63, 3.8) is 0 Å². The summed E-state index contributed by atoms with van der Waals surface area (Å²) in [4.78, 5) is 16.6. The van der Waals surface area contributed by atoms with Gasteiger partial charge in [0.05, 0.1) is 28.6 Å². The predicted octanol–water partition coefficient (Wildman–Crippen LogP) is 5.30. The van der Waals surface area contributed by atoms with Crippen molar-refractivity contribution in [1.29, 1.82) is 0 Å². The summed E-state index contributed by atoms with van der Waals surface area (Å²) in [6.45, 7) is 2.74. The molecule has 0 bridgehead atoms. The van der Waals surface area contributed by atoms with Gasteiger partial charge < -0.3 is 14.6 Å². The smallest absolute Gasteiger partial charge is 0.304 e. The standard InChI is InChI=1S/C21H18ClNO4S/c1-12-19(28-21(23-12)16-4-2-3-5-17(16)22)11-26-14-6-7-15-13(8-20(24)25)10-27-18(15)9-14/h2-7,9,13H,8,10-11H2,1H3,(H,24,25). The second-order valence-corrected chi connectivity index (χ2v) is 8.09. The number of rotatable bonds is 6. The molecule has 2 heterocycles. The highest BCUT2D eigenvalue weighted by molar-refractivity contribution is 7.15. The highest BCUT2D eigenvalue weighted by Gasteiger charge is 2.26. The Morgan fingerprint density at radius 1 is 1.36 bits per heavy atom. The van der Waals surface area contributed by atoms with Crippen LogP contribution in [0.5, 0.6) is 11.5 Å². The van der Waals surface area contributed by atoms with Crippen LogP contribution in [0.25, 0.3) is 10.6 Å². The van der Waals surface area contributed by atoms with Crippen molar-refractivity contribution >= 4 is 28.9 Å². The second kappa shape index (κ2) is 7.81. The summed E-state index contributed by atoms with van der Waals surface area (Å²) in [6.07, 6.45) is 0.0675. The van der Waals surface area contributed by atoms with Crippen LogP contribution in [0.3, 0.4) is 0 Å². The maximum Gasteiger partial charge on any atom is 0.304 e. The Morgan fingerprint density at radius 2 is 2.18 bits per heavy atom. The number of ether oxygens (including phenoxy) is 2. The zero-order valence-corrected chi connectivity index (χ0v) is 16.7. The Labute approximate surface area is 171 Å². The van der Waals surface area contributed by atoms with Gasteiger partial charge in [-0.1, -0.05) is 35.9 Å². The van der Waals surface area contributed by atoms with Crippen molar-refractivity contribution in [2.45, 2.75) is 25.9 Å². The molecule has 1 aromatic heterocycles. The summed E-state index contributed by atoms with van der Waals surface area (Å²) in [7, 11) is 0. The van der Waals surface area contributed by atoms with Crippen LogP contribution in [0.2, 0.25) is 5.02 Å². The minimum absolute atomic E-state index is 0.0675. The zero-order valence-electron chi connectivity index (χ0n) is 15.1. The molecular weight excluding hydrogens is 398 g/mol. The van der Waals surface area contributed by atoms with Crippen LogP contribution in [-0.2, 0) is 11.4 Å². The molecular formula is C21H18ClNO4S. The molecule has 3 aromatic rings. The molecule has 0 saturated carbocycles. The van der Waals surface area contributed by atoms with Crippen LogP contribution in [0.4, 0.5) is 0 Å². The van der Waals surface area contributed by atoms with Gasteiger partial charge in [-0.25, -0.2) is 4.98 Å². The minimum Gasteiger partial charge on any atom is -0.492 e. The molecule has 144 valence electrons. The number of halogens is 1. The van der Waals surface area contributed by atoms with Crippen molar-refractivity contribution in [3.8, 4) is 22.1 Å². The molecule has 1 unspecified atom stereocenters. The van der Waals surface area contributed by atoms with Crippen molar-refractivity contribution < 1.29 is 19.4 Å². The second-order valence-electron chi connectivity index (χ2n) is 6.60. The molecule has 0 saturated heterocycles. The average Bonchev–Trinajstić information content (AvgIpc) is 3.23. The lowest BCUT2D eigenvalue weighted by Gasteiger charge is -2.08. The fourth-order valence-electron chi connectivity index (χ4n) is 3.19. The Morgan fingerprint density at radius 3 is 2.96 bits per heavy atom. The number of hydrogen-bond donors (Lipinski definition) is 1. The number of thiazole rings is 1. The van der Waals surface area contributed by atoms with Gasteiger partial charge in [0.15, 0.2) is 0 Å². The number of fused-ring (bicyclic) bond motifs is 1. The third kappa shape index (κ3) is 3.84. The summed E-state index contributed by atoms with van der Waals surface area (Å²) in [5.74, 6) is 0.448. The summed E-state index contributed by atoms with van der Waals surface area (Å²) in [5, 5.41) is 10.5. The van der Waals surface area contributed by atoms with Gasteiger partial charge in [0, 0.05) is 23.1 Å². The first-order valence-electron chi connectivity index (χ1n) is 8.84. The maximum atomic E-state index is 11.0. The SMILES string of the molecule is Cc1nc(-c2ccccc2Cl)sc1COc1ccc2c(c1)OCC2CC(=O)O. The molecule has 7 heteroatoms. The van der Waals surface area contributed by atoms with E-state index in [0.29, 0.717) is 29.7 Å². The van der Waals surface area contributed by atoms with E-state index < -0.39 is 5.97 Å². The molecule has 4 rings (SSSR count). The number of carboxylic acids is 1. The van der Waals surface area contributed by atoms with Crippen LogP contribution in [-0.4, -0.2) is 22.7 Å². The molecule has 0 amide bonds. The van der Waals surface area contributed by atoms with Crippen LogP contribution in [0, 0.1) is 6.92 Å². The summed E-state index contributed by atoms with van der Waals surface area (Å²) < 4.78 is 11.6. The van der Waals surface area contributed by atoms with E-state index >= 15 is 0 Å². The van der Waals surface area contributed by atoms with Crippen molar-refractivity contribution in [2.75, 3.05) is 6.61 Å². The van der Waals surface area contributed by atoms with Gasteiger partial charge in [-0.3, -0.25) is 4.79 Å². The average molecular weight is 416 g/mol. The summed E-state index contributed by atoms with van der Waals surface area (Å²) in [5.41, 5.74) is 2.75. The summed E-state index contributed by atoms with van der Waals surface area (Å²) >= 11 is 7.84. The highest BCUT2D eigenvalue weighted by Crippen LogP contribution is 2.39. The molecule has 0 aliphatic carbocycles. The van der Waals surface area contributed by atoms with E-state index in [2.05, 4.69) is 4.98 Å². The van der Waals surface area contributed by atoms with Crippen molar-refractivity contribution in [3.05, 3.63) is 63.6 Å². The van der Waals surface area contributed by atoms with Crippen LogP contribution in [0.15, 0.2) is 42.5 Å². The lowest BCUT2D eigenvalue weighted by molar-refractivity contribution is -0.137. The third-order valence-corrected chi connectivity index (χ3v) is 6.15. The quantitative estimate of drug-likeness (QED) is 0.591. The first-order chi connectivity index (χ1) is 13.5. The van der Waals surface area contributed by atoms with E-state index in [1.165, 1.54) is 0 Å². The Balaban J connectivity index is 1.47. The number of aromatic nitrogens is 1. The largest absolute Gasteiger partial charge is 0.492 e. The van der Waals surface area contributed by atoms with Gasteiger partial charge in [0.25, 0.3) is 0 Å². The van der Waals surface area contributed by atoms with Gasteiger partial charge in [-0.05, 0) is 19.1 Å². The molecule has 2 aromatic carbocycles. The van der Waals surface area contributed by atoms with E-state index in [1.807, 2.05) is 49.4 Å².